The summed E-state index contributed by atoms with van der Waals surface area (Å²) >= 11 is 6.42. The van der Waals surface area contributed by atoms with Gasteiger partial charge in [-0.25, -0.2) is 9.48 Å². The second-order valence-electron chi connectivity index (χ2n) is 7.42. The van der Waals surface area contributed by atoms with Crippen LogP contribution in [0.3, 0.4) is 0 Å². The van der Waals surface area contributed by atoms with Gasteiger partial charge in [-0.1, -0.05) is 29.8 Å². The SMILES string of the molecule is Cc1nn(-c2ccccc2)c(Cl)c1C(=O)O[C@H](C)C(=O)N1[C@@H](C)CCC[C@@H]1C. The molecule has 1 aromatic carbocycles. The number of para-hydroxylation sites is 1. The number of amides is 1. The summed E-state index contributed by atoms with van der Waals surface area (Å²) in [4.78, 5) is 27.5. The number of esters is 1. The molecule has 0 spiro atoms. The number of benzene rings is 1. The highest BCUT2D eigenvalue weighted by Gasteiger charge is 2.34. The molecule has 7 heteroatoms. The Morgan fingerprint density at radius 1 is 1.18 bits per heavy atom. The lowest BCUT2D eigenvalue weighted by molar-refractivity contribution is -0.146. The van der Waals surface area contributed by atoms with Gasteiger partial charge in [-0.3, -0.25) is 4.79 Å². The number of aromatic nitrogens is 2. The van der Waals surface area contributed by atoms with Gasteiger partial charge in [-0.15, -0.1) is 0 Å². The molecule has 0 N–H and O–H groups in total. The largest absolute Gasteiger partial charge is 0.449 e. The number of nitrogens with zero attached hydrogens (tertiary/aromatic N) is 3. The molecule has 1 aliphatic rings. The summed E-state index contributed by atoms with van der Waals surface area (Å²) in [5.41, 5.74) is 1.39. The predicted molar refractivity (Wildman–Crippen MR) is 108 cm³/mol. The van der Waals surface area contributed by atoms with Crippen molar-refractivity contribution in [2.75, 3.05) is 0 Å². The minimum atomic E-state index is -0.883. The van der Waals surface area contributed by atoms with Gasteiger partial charge in [0.15, 0.2) is 6.10 Å². The van der Waals surface area contributed by atoms with Gasteiger partial charge in [-0.05, 0) is 59.1 Å². The molecule has 0 bridgehead atoms. The van der Waals surface area contributed by atoms with E-state index in [0.717, 1.165) is 24.9 Å². The van der Waals surface area contributed by atoms with Crippen LogP contribution in [0.2, 0.25) is 5.15 Å². The first-order valence-electron chi connectivity index (χ1n) is 9.65. The van der Waals surface area contributed by atoms with Crippen LogP contribution in [0, 0.1) is 6.92 Å². The molecule has 1 aromatic heterocycles. The average molecular weight is 404 g/mol. The van der Waals surface area contributed by atoms with E-state index in [1.807, 2.05) is 49.1 Å². The number of carbonyl (C=O) groups excluding carboxylic acids is 2. The van der Waals surface area contributed by atoms with Crippen molar-refractivity contribution < 1.29 is 14.3 Å². The summed E-state index contributed by atoms with van der Waals surface area (Å²) in [5.74, 6) is -0.805. The molecular weight excluding hydrogens is 378 g/mol. The zero-order chi connectivity index (χ0) is 20.4. The number of likely N-dealkylation sites (tertiary alicyclic amines) is 1. The van der Waals surface area contributed by atoms with E-state index in [-0.39, 0.29) is 28.7 Å². The molecule has 1 fully saturated rings. The van der Waals surface area contributed by atoms with E-state index in [1.165, 1.54) is 4.68 Å². The topological polar surface area (TPSA) is 64.4 Å². The molecule has 1 saturated heterocycles. The van der Waals surface area contributed by atoms with Crippen molar-refractivity contribution in [1.29, 1.82) is 0 Å². The maximum atomic E-state index is 12.9. The molecular formula is C21H26ClN3O3. The molecule has 2 aromatic rings. The van der Waals surface area contributed by atoms with Gasteiger partial charge in [0.25, 0.3) is 5.91 Å². The predicted octanol–water partition coefficient (Wildman–Crippen LogP) is 4.17. The Balaban J connectivity index is 1.78. The molecule has 150 valence electrons. The summed E-state index contributed by atoms with van der Waals surface area (Å²) in [5, 5.41) is 4.53. The first kappa shape index (κ1) is 20.4. The monoisotopic (exact) mass is 403 g/mol. The third-order valence-electron chi connectivity index (χ3n) is 5.29. The Morgan fingerprint density at radius 3 is 2.39 bits per heavy atom. The molecule has 3 rings (SSSR count). The van der Waals surface area contributed by atoms with Crippen molar-refractivity contribution >= 4 is 23.5 Å². The van der Waals surface area contributed by atoms with Crippen molar-refractivity contribution in [2.24, 2.45) is 0 Å². The smallest absolute Gasteiger partial charge is 0.344 e. The number of hydrogen-bond acceptors (Lipinski definition) is 4. The van der Waals surface area contributed by atoms with Gasteiger partial charge < -0.3 is 9.64 Å². The Morgan fingerprint density at radius 2 is 1.79 bits per heavy atom. The third kappa shape index (κ3) is 3.92. The summed E-state index contributed by atoms with van der Waals surface area (Å²) in [6, 6.07) is 9.59. The summed E-state index contributed by atoms with van der Waals surface area (Å²) < 4.78 is 6.99. The number of hydrogen-bond donors (Lipinski definition) is 0. The van der Waals surface area contributed by atoms with Gasteiger partial charge in [0.05, 0.1) is 11.4 Å². The molecule has 0 saturated carbocycles. The van der Waals surface area contributed by atoms with Gasteiger partial charge in [0.2, 0.25) is 0 Å². The normalized spacial score (nSPS) is 20.7. The number of rotatable bonds is 4. The van der Waals surface area contributed by atoms with E-state index in [1.54, 1.807) is 13.8 Å². The molecule has 3 atom stereocenters. The molecule has 6 nitrogen and oxygen atoms in total. The number of ether oxygens (including phenoxy) is 1. The Hall–Kier alpha value is -2.34. The third-order valence-corrected chi connectivity index (χ3v) is 5.64. The van der Waals surface area contributed by atoms with Crippen LogP contribution in [0.1, 0.15) is 56.1 Å². The lowest BCUT2D eigenvalue weighted by Gasteiger charge is -2.40. The molecule has 2 heterocycles. The van der Waals surface area contributed by atoms with E-state index in [9.17, 15) is 9.59 Å². The molecule has 0 unspecified atom stereocenters. The Labute approximate surface area is 170 Å². The maximum absolute atomic E-state index is 12.9. The van der Waals surface area contributed by atoms with E-state index in [2.05, 4.69) is 5.10 Å². The van der Waals surface area contributed by atoms with E-state index < -0.39 is 12.1 Å². The number of aryl methyl sites for hydroxylation is 1. The maximum Gasteiger partial charge on any atom is 0.344 e. The molecule has 1 aliphatic heterocycles. The van der Waals surface area contributed by atoms with Crippen LogP contribution in [0.15, 0.2) is 30.3 Å². The summed E-state index contributed by atoms with van der Waals surface area (Å²) in [6.07, 6.45) is 2.15. The van der Waals surface area contributed by atoms with E-state index in [0.29, 0.717) is 5.69 Å². The first-order valence-corrected chi connectivity index (χ1v) is 10.0. The fourth-order valence-electron chi connectivity index (χ4n) is 3.81. The van der Waals surface area contributed by atoms with Crippen LogP contribution in [0.4, 0.5) is 0 Å². The second-order valence-corrected chi connectivity index (χ2v) is 7.78. The highest BCUT2D eigenvalue weighted by Crippen LogP contribution is 2.26. The Kier molecular flexibility index (Phi) is 6.08. The van der Waals surface area contributed by atoms with Gasteiger partial charge in [0.1, 0.15) is 10.7 Å². The van der Waals surface area contributed by atoms with Crippen LogP contribution < -0.4 is 0 Å². The molecule has 1 amide bonds. The van der Waals surface area contributed by atoms with E-state index >= 15 is 0 Å². The number of carbonyl (C=O) groups is 2. The lowest BCUT2D eigenvalue weighted by Crippen LogP contribution is -2.51. The highest BCUT2D eigenvalue weighted by atomic mass is 35.5. The van der Waals surface area contributed by atoms with Crippen molar-refractivity contribution in [3.05, 3.63) is 46.7 Å². The van der Waals surface area contributed by atoms with Crippen molar-refractivity contribution in [3.8, 4) is 5.69 Å². The van der Waals surface area contributed by atoms with Gasteiger partial charge >= 0.3 is 5.97 Å². The first-order chi connectivity index (χ1) is 13.3. The standard InChI is InChI=1S/C21H26ClN3O3/c1-13-9-8-10-14(2)24(13)20(26)16(4)28-21(27)18-15(3)23-25(19(18)22)17-11-6-5-7-12-17/h5-7,11-14,16H,8-10H2,1-4H3/t13-,14-,16+/m0/s1. The summed E-state index contributed by atoms with van der Waals surface area (Å²) in [6.45, 7) is 7.38. The van der Waals surface area contributed by atoms with E-state index in [4.69, 9.17) is 16.3 Å². The zero-order valence-corrected chi connectivity index (χ0v) is 17.4. The van der Waals surface area contributed by atoms with Crippen molar-refractivity contribution in [3.63, 3.8) is 0 Å². The van der Waals surface area contributed by atoms with Crippen molar-refractivity contribution in [1.82, 2.24) is 14.7 Å². The minimum Gasteiger partial charge on any atom is -0.449 e. The second kappa shape index (κ2) is 8.35. The number of halogens is 1. The van der Waals surface area contributed by atoms with Crippen LogP contribution in [-0.4, -0.2) is 44.7 Å². The Bertz CT molecular complexity index is 855. The minimum absolute atomic E-state index is 0.142. The quantitative estimate of drug-likeness (QED) is 0.718. The zero-order valence-electron chi connectivity index (χ0n) is 16.7. The van der Waals surface area contributed by atoms with Crippen LogP contribution in [-0.2, 0) is 9.53 Å². The fourth-order valence-corrected chi connectivity index (χ4v) is 4.16. The van der Waals surface area contributed by atoms with Crippen LogP contribution >= 0.6 is 11.6 Å². The average Bonchev–Trinajstić information content (AvgIpc) is 2.96. The summed E-state index contributed by atoms with van der Waals surface area (Å²) in [7, 11) is 0. The fraction of sp³-hybridized carbons (Fsp3) is 0.476. The van der Waals surface area contributed by atoms with Crippen molar-refractivity contribution in [2.45, 2.75) is 65.1 Å². The van der Waals surface area contributed by atoms with Crippen LogP contribution in [0.5, 0.6) is 0 Å². The van der Waals surface area contributed by atoms with Crippen LogP contribution in [0.25, 0.3) is 5.69 Å². The van der Waals surface area contributed by atoms with Gasteiger partial charge in [0, 0.05) is 12.1 Å². The van der Waals surface area contributed by atoms with Gasteiger partial charge in [-0.2, -0.15) is 5.10 Å². The molecule has 0 aliphatic carbocycles. The highest BCUT2D eigenvalue weighted by molar-refractivity contribution is 6.33. The number of piperidine rings is 1. The molecule has 0 radical (unpaired) electrons. The molecule has 28 heavy (non-hydrogen) atoms. The lowest BCUT2D eigenvalue weighted by atomic mass is 9.97.